The summed E-state index contributed by atoms with van der Waals surface area (Å²) in [5.41, 5.74) is 2.06. The van der Waals surface area contributed by atoms with Crippen molar-refractivity contribution in [2.75, 3.05) is 6.61 Å². The molecule has 18 heavy (non-hydrogen) atoms. The van der Waals surface area contributed by atoms with Gasteiger partial charge in [-0.1, -0.05) is 18.2 Å². The Morgan fingerprint density at radius 2 is 2.11 bits per heavy atom. The van der Waals surface area contributed by atoms with E-state index in [1.165, 1.54) is 0 Å². The fourth-order valence-electron chi connectivity index (χ4n) is 2.13. The monoisotopic (exact) mass is 240 g/mol. The first-order valence-corrected chi connectivity index (χ1v) is 5.84. The molecule has 0 aliphatic heterocycles. The Balaban J connectivity index is 2.31. The van der Waals surface area contributed by atoms with E-state index in [4.69, 9.17) is 4.74 Å². The Morgan fingerprint density at radius 1 is 1.28 bits per heavy atom. The van der Waals surface area contributed by atoms with E-state index in [9.17, 15) is 4.79 Å². The Hall–Kier alpha value is -2.36. The minimum Gasteiger partial charge on any atom is -0.461 e. The molecule has 4 heteroatoms. The zero-order valence-electron chi connectivity index (χ0n) is 9.93. The molecule has 0 fully saturated rings. The van der Waals surface area contributed by atoms with Crippen LogP contribution in [-0.4, -0.2) is 22.5 Å². The quantitative estimate of drug-likeness (QED) is 0.701. The maximum absolute atomic E-state index is 11.8. The maximum atomic E-state index is 11.8. The molecule has 0 radical (unpaired) electrons. The molecule has 0 spiro atoms. The SMILES string of the molecule is CCOC(=O)c1nccc2c1[nH]c1ccccc12. The maximum Gasteiger partial charge on any atom is 0.359 e. The third-order valence-electron chi connectivity index (χ3n) is 2.90. The van der Waals surface area contributed by atoms with Crippen LogP contribution in [0.3, 0.4) is 0 Å². The van der Waals surface area contributed by atoms with Crippen molar-refractivity contribution < 1.29 is 9.53 Å². The fraction of sp³-hybridized carbons (Fsp3) is 0.143. The van der Waals surface area contributed by atoms with Crippen LogP contribution in [0.2, 0.25) is 0 Å². The van der Waals surface area contributed by atoms with Crippen LogP contribution in [0, 0.1) is 0 Å². The van der Waals surface area contributed by atoms with Crippen molar-refractivity contribution in [3.8, 4) is 0 Å². The fourth-order valence-corrected chi connectivity index (χ4v) is 2.13. The number of nitrogens with zero attached hydrogens (tertiary/aromatic N) is 1. The molecule has 0 bridgehead atoms. The van der Waals surface area contributed by atoms with Crippen molar-refractivity contribution in [2.45, 2.75) is 6.92 Å². The van der Waals surface area contributed by atoms with Gasteiger partial charge in [0.2, 0.25) is 0 Å². The van der Waals surface area contributed by atoms with Crippen molar-refractivity contribution in [2.24, 2.45) is 0 Å². The second-order valence-electron chi connectivity index (χ2n) is 3.97. The molecule has 3 aromatic rings. The third-order valence-corrected chi connectivity index (χ3v) is 2.90. The molecule has 0 aliphatic carbocycles. The lowest BCUT2D eigenvalue weighted by molar-refractivity contribution is 0.0522. The first kappa shape index (κ1) is 10.8. The number of carbonyl (C=O) groups is 1. The number of fused-ring (bicyclic) bond motifs is 3. The number of aromatic amines is 1. The van der Waals surface area contributed by atoms with Crippen LogP contribution in [0.5, 0.6) is 0 Å². The average Bonchev–Trinajstić information content (AvgIpc) is 2.77. The number of rotatable bonds is 2. The number of hydrogen-bond acceptors (Lipinski definition) is 3. The number of benzene rings is 1. The Labute approximate surface area is 104 Å². The molecular formula is C14H12N2O2. The zero-order chi connectivity index (χ0) is 12.5. The molecule has 1 aromatic carbocycles. The number of H-pyrrole nitrogens is 1. The number of para-hydroxylation sites is 1. The first-order chi connectivity index (χ1) is 8.81. The minimum atomic E-state index is -0.394. The highest BCUT2D eigenvalue weighted by atomic mass is 16.5. The van der Waals surface area contributed by atoms with Crippen LogP contribution in [-0.2, 0) is 4.74 Å². The van der Waals surface area contributed by atoms with Crippen LogP contribution < -0.4 is 0 Å². The lowest BCUT2D eigenvalue weighted by atomic mass is 10.1. The van der Waals surface area contributed by atoms with E-state index >= 15 is 0 Å². The third kappa shape index (κ3) is 1.54. The minimum absolute atomic E-state index is 0.338. The van der Waals surface area contributed by atoms with Crippen molar-refractivity contribution >= 4 is 27.8 Å². The number of carbonyl (C=O) groups excluding carboxylic acids is 1. The van der Waals surface area contributed by atoms with E-state index in [1.54, 1.807) is 13.1 Å². The molecule has 0 amide bonds. The van der Waals surface area contributed by atoms with Crippen LogP contribution in [0.15, 0.2) is 36.5 Å². The summed E-state index contributed by atoms with van der Waals surface area (Å²) in [6.45, 7) is 2.13. The number of esters is 1. The van der Waals surface area contributed by atoms with Gasteiger partial charge in [0.15, 0.2) is 5.69 Å². The molecule has 0 saturated heterocycles. The first-order valence-electron chi connectivity index (χ1n) is 5.84. The highest BCUT2D eigenvalue weighted by molar-refractivity contribution is 6.12. The molecule has 1 N–H and O–H groups in total. The van der Waals surface area contributed by atoms with Gasteiger partial charge in [0.25, 0.3) is 0 Å². The van der Waals surface area contributed by atoms with Gasteiger partial charge < -0.3 is 9.72 Å². The Bertz CT molecular complexity index is 731. The van der Waals surface area contributed by atoms with Gasteiger partial charge in [-0.25, -0.2) is 9.78 Å². The van der Waals surface area contributed by atoms with Gasteiger partial charge in [-0.2, -0.15) is 0 Å². The van der Waals surface area contributed by atoms with E-state index in [1.807, 2.05) is 30.3 Å². The summed E-state index contributed by atoms with van der Waals surface area (Å²) in [5.74, 6) is -0.394. The predicted octanol–water partition coefficient (Wildman–Crippen LogP) is 2.89. The van der Waals surface area contributed by atoms with Gasteiger partial charge in [-0.3, -0.25) is 0 Å². The van der Waals surface area contributed by atoms with Crippen LogP contribution in [0.4, 0.5) is 0 Å². The number of nitrogens with one attached hydrogen (secondary N) is 1. The largest absolute Gasteiger partial charge is 0.461 e. The van der Waals surface area contributed by atoms with Gasteiger partial charge >= 0.3 is 5.97 Å². The van der Waals surface area contributed by atoms with Crippen LogP contribution in [0.25, 0.3) is 21.8 Å². The summed E-state index contributed by atoms with van der Waals surface area (Å²) in [6.07, 6.45) is 1.63. The standard InChI is InChI=1S/C14H12N2O2/c1-2-18-14(17)13-12-10(7-8-15-13)9-5-3-4-6-11(9)16-12/h3-8,16H,2H2,1H3. The molecular weight excluding hydrogens is 228 g/mol. The average molecular weight is 240 g/mol. The smallest absolute Gasteiger partial charge is 0.359 e. The molecule has 0 atom stereocenters. The van der Waals surface area contributed by atoms with Crippen molar-refractivity contribution in [1.82, 2.24) is 9.97 Å². The molecule has 2 aromatic heterocycles. The van der Waals surface area contributed by atoms with E-state index in [2.05, 4.69) is 9.97 Å². The molecule has 2 heterocycles. The number of ether oxygens (including phenoxy) is 1. The lowest BCUT2D eigenvalue weighted by Gasteiger charge is -2.01. The summed E-state index contributed by atoms with van der Waals surface area (Å²) >= 11 is 0. The summed E-state index contributed by atoms with van der Waals surface area (Å²) in [6, 6.07) is 9.82. The molecule has 4 nitrogen and oxygen atoms in total. The lowest BCUT2D eigenvalue weighted by Crippen LogP contribution is -2.07. The summed E-state index contributed by atoms with van der Waals surface area (Å²) in [4.78, 5) is 19.2. The second kappa shape index (κ2) is 4.14. The van der Waals surface area contributed by atoms with Crippen molar-refractivity contribution in [1.29, 1.82) is 0 Å². The van der Waals surface area contributed by atoms with E-state index in [0.29, 0.717) is 12.3 Å². The number of hydrogen-bond donors (Lipinski definition) is 1. The highest BCUT2D eigenvalue weighted by Crippen LogP contribution is 2.26. The molecule has 0 saturated carbocycles. The van der Waals surface area contributed by atoms with Gasteiger partial charge in [0, 0.05) is 22.5 Å². The van der Waals surface area contributed by atoms with Gasteiger partial charge in [0.1, 0.15) is 0 Å². The Morgan fingerprint density at radius 3 is 2.94 bits per heavy atom. The highest BCUT2D eigenvalue weighted by Gasteiger charge is 2.15. The number of pyridine rings is 1. The van der Waals surface area contributed by atoms with Crippen molar-refractivity contribution in [3.63, 3.8) is 0 Å². The van der Waals surface area contributed by atoms with E-state index in [0.717, 1.165) is 21.8 Å². The van der Waals surface area contributed by atoms with Gasteiger partial charge in [0.05, 0.1) is 12.1 Å². The van der Waals surface area contributed by atoms with Crippen molar-refractivity contribution in [3.05, 3.63) is 42.2 Å². The summed E-state index contributed by atoms with van der Waals surface area (Å²) in [7, 11) is 0. The predicted molar refractivity (Wildman–Crippen MR) is 69.6 cm³/mol. The normalized spacial score (nSPS) is 10.9. The molecule has 0 aliphatic rings. The zero-order valence-corrected chi connectivity index (χ0v) is 9.93. The molecule has 90 valence electrons. The van der Waals surface area contributed by atoms with Crippen LogP contribution in [0.1, 0.15) is 17.4 Å². The molecule has 3 rings (SSSR count). The number of aromatic nitrogens is 2. The molecule has 0 unspecified atom stereocenters. The van der Waals surface area contributed by atoms with Crippen LogP contribution >= 0.6 is 0 Å². The van der Waals surface area contributed by atoms with E-state index in [-0.39, 0.29) is 0 Å². The summed E-state index contributed by atoms with van der Waals surface area (Å²) in [5, 5.41) is 2.07. The van der Waals surface area contributed by atoms with Gasteiger partial charge in [-0.05, 0) is 19.1 Å². The van der Waals surface area contributed by atoms with Gasteiger partial charge in [-0.15, -0.1) is 0 Å². The second-order valence-corrected chi connectivity index (χ2v) is 3.97. The summed E-state index contributed by atoms with van der Waals surface area (Å²) < 4.78 is 5.01. The topological polar surface area (TPSA) is 55.0 Å². The van der Waals surface area contributed by atoms with E-state index < -0.39 is 5.97 Å². The Kier molecular flexibility index (Phi) is 2.48.